The fraction of sp³-hybridized carbons (Fsp3) is 0.250. The summed E-state index contributed by atoms with van der Waals surface area (Å²) in [6.45, 7) is 4.32. The third kappa shape index (κ3) is 4.52. The average molecular weight is 414 g/mol. The van der Waals surface area contributed by atoms with E-state index < -0.39 is 15.9 Å². The first kappa shape index (κ1) is 20.7. The zero-order valence-electron chi connectivity index (χ0n) is 16.6. The molecule has 8 nitrogen and oxygen atoms in total. The largest absolute Gasteiger partial charge is 0.412 e. The van der Waals surface area contributed by atoms with Crippen LogP contribution in [0.25, 0.3) is 11.5 Å². The van der Waals surface area contributed by atoms with E-state index in [0.717, 1.165) is 21.0 Å². The van der Waals surface area contributed by atoms with Crippen molar-refractivity contribution in [3.63, 3.8) is 0 Å². The lowest BCUT2D eigenvalue weighted by Crippen LogP contribution is -2.23. The van der Waals surface area contributed by atoms with E-state index in [1.165, 1.54) is 26.2 Å². The molecule has 0 radical (unpaired) electrons. The van der Waals surface area contributed by atoms with Gasteiger partial charge in [-0.3, -0.25) is 4.79 Å². The number of carbonyl (C=O) groups is 1. The first-order chi connectivity index (χ1) is 13.7. The normalized spacial score (nSPS) is 11.6. The van der Waals surface area contributed by atoms with E-state index >= 15 is 0 Å². The van der Waals surface area contributed by atoms with Crippen LogP contribution in [0, 0.1) is 13.8 Å². The first-order valence-electron chi connectivity index (χ1n) is 8.89. The maximum Gasteiger partial charge on any atom is 0.309 e. The van der Waals surface area contributed by atoms with Crippen LogP contribution >= 0.6 is 0 Å². The van der Waals surface area contributed by atoms with E-state index in [-0.39, 0.29) is 16.7 Å². The van der Waals surface area contributed by atoms with E-state index in [2.05, 4.69) is 15.5 Å². The average Bonchev–Trinajstić information content (AvgIpc) is 3.18. The Morgan fingerprint density at radius 3 is 2.41 bits per heavy atom. The van der Waals surface area contributed by atoms with Crippen LogP contribution in [0.5, 0.6) is 0 Å². The predicted molar refractivity (Wildman–Crippen MR) is 108 cm³/mol. The van der Waals surface area contributed by atoms with Crippen molar-refractivity contribution < 1.29 is 17.6 Å². The molecule has 0 fully saturated rings. The summed E-state index contributed by atoms with van der Waals surface area (Å²) in [5.41, 5.74) is 3.72. The van der Waals surface area contributed by atoms with Crippen molar-refractivity contribution in [1.82, 2.24) is 19.8 Å². The molecule has 29 heavy (non-hydrogen) atoms. The van der Waals surface area contributed by atoms with Gasteiger partial charge in [0.2, 0.25) is 15.9 Å². The number of aryl methyl sites for hydroxylation is 2. The molecule has 0 saturated carbocycles. The molecule has 0 atom stereocenters. The van der Waals surface area contributed by atoms with Crippen LogP contribution in [-0.2, 0) is 16.6 Å². The van der Waals surface area contributed by atoms with Crippen LogP contribution in [0.2, 0.25) is 0 Å². The Morgan fingerprint density at radius 2 is 1.76 bits per heavy atom. The highest BCUT2D eigenvalue weighted by Gasteiger charge is 2.19. The Hall–Kier alpha value is -3.04. The Bertz CT molecular complexity index is 1140. The molecule has 1 heterocycles. The minimum atomic E-state index is -3.52. The maximum absolute atomic E-state index is 12.3. The van der Waals surface area contributed by atoms with E-state index in [4.69, 9.17) is 4.42 Å². The molecule has 0 bridgehead atoms. The van der Waals surface area contributed by atoms with Crippen LogP contribution < -0.4 is 5.32 Å². The Balaban J connectivity index is 1.72. The SMILES string of the molecule is Cc1ccc(C)c(CNC(=O)c2nnc(-c3ccc(S(=O)(=O)N(C)C)cc3)o2)c1. The number of aromatic nitrogens is 2. The second-order valence-electron chi connectivity index (χ2n) is 6.84. The number of sulfonamides is 1. The second kappa shape index (κ2) is 8.14. The summed E-state index contributed by atoms with van der Waals surface area (Å²) in [7, 11) is -0.597. The first-order valence-corrected chi connectivity index (χ1v) is 10.3. The molecule has 3 rings (SSSR count). The predicted octanol–water partition coefficient (Wildman–Crippen LogP) is 2.53. The molecule has 1 aromatic heterocycles. The number of rotatable bonds is 6. The summed E-state index contributed by atoms with van der Waals surface area (Å²) >= 11 is 0. The molecule has 9 heteroatoms. The van der Waals surface area contributed by atoms with Gasteiger partial charge in [-0.2, -0.15) is 0 Å². The van der Waals surface area contributed by atoms with Gasteiger partial charge in [0.1, 0.15) is 0 Å². The number of amides is 1. The molecule has 0 saturated heterocycles. The minimum Gasteiger partial charge on any atom is -0.412 e. The highest BCUT2D eigenvalue weighted by atomic mass is 32.2. The number of hydrogen-bond donors (Lipinski definition) is 1. The number of nitrogens with one attached hydrogen (secondary N) is 1. The molecule has 2 aromatic carbocycles. The van der Waals surface area contributed by atoms with Crippen molar-refractivity contribution in [3.05, 3.63) is 65.0 Å². The standard InChI is InChI=1S/C20H22N4O4S/c1-13-5-6-14(2)16(11-13)12-21-18(25)20-23-22-19(28-20)15-7-9-17(10-8-15)29(26,27)24(3)4/h5-11H,12H2,1-4H3,(H,21,25). The van der Waals surface area contributed by atoms with Crippen LogP contribution in [0.15, 0.2) is 51.8 Å². The van der Waals surface area contributed by atoms with E-state index in [9.17, 15) is 13.2 Å². The second-order valence-corrected chi connectivity index (χ2v) is 8.99. The van der Waals surface area contributed by atoms with Crippen LogP contribution in [0.4, 0.5) is 0 Å². The van der Waals surface area contributed by atoms with Gasteiger partial charge in [0.25, 0.3) is 0 Å². The zero-order chi connectivity index (χ0) is 21.2. The van der Waals surface area contributed by atoms with E-state index in [1.807, 2.05) is 32.0 Å². The van der Waals surface area contributed by atoms with Crippen LogP contribution in [0.1, 0.15) is 27.4 Å². The fourth-order valence-corrected chi connectivity index (χ4v) is 3.56. The van der Waals surface area contributed by atoms with Gasteiger partial charge < -0.3 is 9.73 Å². The molecule has 3 aromatic rings. The Labute approximate surface area is 169 Å². The summed E-state index contributed by atoms with van der Waals surface area (Å²) in [4.78, 5) is 12.5. The molecule has 0 unspecified atom stereocenters. The lowest BCUT2D eigenvalue weighted by molar-refractivity contribution is 0.0916. The topological polar surface area (TPSA) is 105 Å². The van der Waals surface area contributed by atoms with E-state index in [0.29, 0.717) is 12.1 Å². The highest BCUT2D eigenvalue weighted by molar-refractivity contribution is 7.89. The third-order valence-electron chi connectivity index (χ3n) is 4.44. The quantitative estimate of drug-likeness (QED) is 0.664. The van der Waals surface area contributed by atoms with Gasteiger partial charge in [0.15, 0.2) is 0 Å². The van der Waals surface area contributed by atoms with E-state index in [1.54, 1.807) is 12.1 Å². The van der Waals surface area contributed by atoms with Gasteiger partial charge in [-0.1, -0.05) is 23.8 Å². The van der Waals surface area contributed by atoms with Gasteiger partial charge in [-0.15, -0.1) is 10.2 Å². The molecular weight excluding hydrogens is 392 g/mol. The van der Waals surface area contributed by atoms with Gasteiger partial charge >= 0.3 is 11.8 Å². The van der Waals surface area contributed by atoms with Gasteiger partial charge in [-0.25, -0.2) is 12.7 Å². The van der Waals surface area contributed by atoms with Crippen molar-refractivity contribution in [3.8, 4) is 11.5 Å². The summed E-state index contributed by atoms with van der Waals surface area (Å²) < 4.78 is 30.8. The lowest BCUT2D eigenvalue weighted by atomic mass is 10.1. The van der Waals surface area contributed by atoms with Gasteiger partial charge in [0.05, 0.1) is 4.90 Å². The summed E-state index contributed by atoms with van der Waals surface area (Å²) in [5.74, 6) is -0.498. The highest BCUT2D eigenvalue weighted by Crippen LogP contribution is 2.21. The maximum atomic E-state index is 12.3. The molecule has 0 spiro atoms. The summed E-state index contributed by atoms with van der Waals surface area (Å²) in [6, 6.07) is 12.0. The number of benzene rings is 2. The van der Waals surface area contributed by atoms with Gasteiger partial charge in [0, 0.05) is 26.2 Å². The Morgan fingerprint density at radius 1 is 1.07 bits per heavy atom. The van der Waals surface area contributed by atoms with Gasteiger partial charge in [-0.05, 0) is 49.2 Å². The van der Waals surface area contributed by atoms with Crippen molar-refractivity contribution in [2.75, 3.05) is 14.1 Å². The minimum absolute atomic E-state index is 0.135. The van der Waals surface area contributed by atoms with Crippen molar-refractivity contribution in [2.24, 2.45) is 0 Å². The van der Waals surface area contributed by atoms with Crippen LogP contribution in [0.3, 0.4) is 0 Å². The molecule has 152 valence electrons. The number of nitrogens with zero attached hydrogens (tertiary/aromatic N) is 3. The molecule has 1 N–H and O–H groups in total. The lowest BCUT2D eigenvalue weighted by Gasteiger charge is -2.11. The zero-order valence-corrected chi connectivity index (χ0v) is 17.4. The molecule has 0 aliphatic heterocycles. The number of hydrogen-bond acceptors (Lipinski definition) is 6. The molecule has 1 amide bonds. The third-order valence-corrected chi connectivity index (χ3v) is 6.27. The van der Waals surface area contributed by atoms with Crippen LogP contribution in [-0.4, -0.2) is 42.9 Å². The number of carbonyl (C=O) groups excluding carboxylic acids is 1. The van der Waals surface area contributed by atoms with Crippen molar-refractivity contribution in [1.29, 1.82) is 0 Å². The molecule has 0 aliphatic rings. The molecule has 0 aliphatic carbocycles. The van der Waals surface area contributed by atoms with Crippen molar-refractivity contribution in [2.45, 2.75) is 25.3 Å². The summed E-state index contributed by atoms with van der Waals surface area (Å²) in [6.07, 6.45) is 0. The summed E-state index contributed by atoms with van der Waals surface area (Å²) in [5, 5.41) is 10.4. The van der Waals surface area contributed by atoms with Crippen molar-refractivity contribution >= 4 is 15.9 Å². The molecular formula is C20H22N4O4S. The fourth-order valence-electron chi connectivity index (χ4n) is 2.65. The Kier molecular flexibility index (Phi) is 5.81. The monoisotopic (exact) mass is 414 g/mol. The smallest absolute Gasteiger partial charge is 0.309 e.